The van der Waals surface area contributed by atoms with Crippen molar-refractivity contribution in [1.82, 2.24) is 4.98 Å². The number of nitrogens with zero attached hydrogens (tertiary/aromatic N) is 1. The molecule has 1 atom stereocenters. The first kappa shape index (κ1) is 15.0. The Morgan fingerprint density at radius 2 is 2.30 bits per heavy atom. The summed E-state index contributed by atoms with van der Waals surface area (Å²) >= 11 is 0. The molecule has 1 aromatic rings. The molecule has 0 saturated carbocycles. The van der Waals surface area contributed by atoms with E-state index in [0.29, 0.717) is 24.6 Å². The third-order valence-electron chi connectivity index (χ3n) is 3.12. The van der Waals surface area contributed by atoms with Gasteiger partial charge in [-0.15, -0.1) is 0 Å². The van der Waals surface area contributed by atoms with Gasteiger partial charge in [0.15, 0.2) is 12.2 Å². The molecular formula is C14H21NO5. The lowest BCUT2D eigenvalue weighted by Crippen LogP contribution is -2.22. The zero-order chi connectivity index (χ0) is 14.4. The van der Waals surface area contributed by atoms with Crippen LogP contribution in [-0.4, -0.2) is 31.0 Å². The van der Waals surface area contributed by atoms with Gasteiger partial charge in [0.2, 0.25) is 5.76 Å². The molecule has 112 valence electrons. The van der Waals surface area contributed by atoms with E-state index in [1.165, 1.54) is 7.11 Å². The van der Waals surface area contributed by atoms with Crippen LogP contribution in [0.1, 0.15) is 54.7 Å². The largest absolute Gasteiger partial charge is 0.463 e. The summed E-state index contributed by atoms with van der Waals surface area (Å²) in [6.07, 6.45) is 4.39. The Labute approximate surface area is 118 Å². The van der Waals surface area contributed by atoms with Gasteiger partial charge in [-0.05, 0) is 25.7 Å². The van der Waals surface area contributed by atoms with Crippen molar-refractivity contribution in [2.45, 2.75) is 51.9 Å². The van der Waals surface area contributed by atoms with Crippen LogP contribution in [0.2, 0.25) is 0 Å². The van der Waals surface area contributed by atoms with Gasteiger partial charge >= 0.3 is 5.97 Å². The minimum Gasteiger partial charge on any atom is -0.463 e. The second kappa shape index (κ2) is 7.40. The lowest BCUT2D eigenvalue weighted by molar-refractivity contribution is -0.169. The third-order valence-corrected chi connectivity index (χ3v) is 3.12. The van der Waals surface area contributed by atoms with Crippen molar-refractivity contribution in [2.75, 3.05) is 13.7 Å². The number of methoxy groups -OCH3 is 1. The van der Waals surface area contributed by atoms with Crippen molar-refractivity contribution in [3.8, 4) is 0 Å². The molecule has 1 saturated heterocycles. The molecule has 2 heterocycles. The van der Waals surface area contributed by atoms with Gasteiger partial charge in [-0.1, -0.05) is 6.92 Å². The summed E-state index contributed by atoms with van der Waals surface area (Å²) in [7, 11) is 1.32. The van der Waals surface area contributed by atoms with E-state index in [-0.39, 0.29) is 18.7 Å². The van der Waals surface area contributed by atoms with E-state index < -0.39 is 5.97 Å². The van der Waals surface area contributed by atoms with Crippen LogP contribution in [0.3, 0.4) is 0 Å². The molecule has 0 aliphatic carbocycles. The molecule has 0 radical (unpaired) electrons. The van der Waals surface area contributed by atoms with Gasteiger partial charge < -0.3 is 18.6 Å². The summed E-state index contributed by atoms with van der Waals surface area (Å²) in [5.41, 5.74) is 0.481. The maximum Gasteiger partial charge on any atom is 0.376 e. The van der Waals surface area contributed by atoms with Gasteiger partial charge in [-0.2, -0.15) is 0 Å². The van der Waals surface area contributed by atoms with E-state index in [4.69, 9.17) is 18.6 Å². The first-order valence-corrected chi connectivity index (χ1v) is 7.04. The highest BCUT2D eigenvalue weighted by Gasteiger charge is 2.22. The number of carbonyl (C=O) groups is 1. The minimum absolute atomic E-state index is 0.131. The van der Waals surface area contributed by atoms with Crippen LogP contribution in [0.25, 0.3) is 0 Å². The number of ether oxygens (including phenoxy) is 3. The van der Waals surface area contributed by atoms with Gasteiger partial charge in [-0.3, -0.25) is 0 Å². The molecule has 6 heteroatoms. The summed E-state index contributed by atoms with van der Waals surface area (Å²) in [5.74, 6) is 0.144. The molecule has 6 nitrogen and oxygen atoms in total. The minimum atomic E-state index is -0.525. The van der Waals surface area contributed by atoms with E-state index in [1.807, 2.05) is 6.92 Å². The van der Waals surface area contributed by atoms with Crippen LogP contribution in [0, 0.1) is 0 Å². The lowest BCUT2D eigenvalue weighted by Gasteiger charge is -2.22. The number of esters is 1. The summed E-state index contributed by atoms with van der Waals surface area (Å²) in [6, 6.07) is 0. The van der Waals surface area contributed by atoms with Gasteiger partial charge in [0.1, 0.15) is 5.69 Å². The van der Waals surface area contributed by atoms with Crippen molar-refractivity contribution in [2.24, 2.45) is 0 Å². The molecule has 0 N–H and O–H groups in total. The Bertz CT molecular complexity index is 437. The normalized spacial score (nSPS) is 19.0. The Balaban J connectivity index is 2.02. The van der Waals surface area contributed by atoms with Crippen molar-refractivity contribution >= 4 is 5.97 Å². The predicted molar refractivity (Wildman–Crippen MR) is 70.2 cm³/mol. The second-order valence-electron chi connectivity index (χ2n) is 4.73. The lowest BCUT2D eigenvalue weighted by atomic mass is 10.2. The number of aryl methyl sites for hydroxylation is 1. The number of oxazole rings is 1. The highest BCUT2D eigenvalue weighted by Crippen LogP contribution is 2.19. The molecule has 0 spiro atoms. The van der Waals surface area contributed by atoms with Gasteiger partial charge in [0.05, 0.1) is 13.7 Å². The highest BCUT2D eigenvalue weighted by atomic mass is 16.7. The van der Waals surface area contributed by atoms with E-state index >= 15 is 0 Å². The topological polar surface area (TPSA) is 70.8 Å². The molecule has 1 aliphatic rings. The Hall–Kier alpha value is -1.40. The highest BCUT2D eigenvalue weighted by molar-refractivity contribution is 5.87. The van der Waals surface area contributed by atoms with Crippen LogP contribution >= 0.6 is 0 Å². The zero-order valence-corrected chi connectivity index (χ0v) is 12.0. The Morgan fingerprint density at radius 1 is 1.45 bits per heavy atom. The molecule has 1 fully saturated rings. The van der Waals surface area contributed by atoms with Crippen LogP contribution in [-0.2, 0) is 27.2 Å². The fraction of sp³-hybridized carbons (Fsp3) is 0.714. The summed E-state index contributed by atoms with van der Waals surface area (Å²) in [5, 5.41) is 0. The van der Waals surface area contributed by atoms with Crippen molar-refractivity contribution in [1.29, 1.82) is 0 Å². The predicted octanol–water partition coefficient (Wildman–Crippen LogP) is 2.46. The molecule has 0 bridgehead atoms. The monoisotopic (exact) mass is 283 g/mol. The average Bonchev–Trinajstić information content (AvgIpc) is 2.89. The molecule has 1 aromatic heterocycles. The van der Waals surface area contributed by atoms with Crippen LogP contribution in [0.5, 0.6) is 0 Å². The summed E-state index contributed by atoms with van der Waals surface area (Å²) < 4.78 is 21.3. The van der Waals surface area contributed by atoms with E-state index in [1.54, 1.807) is 0 Å². The van der Waals surface area contributed by atoms with Crippen molar-refractivity contribution < 1.29 is 23.4 Å². The Morgan fingerprint density at radius 3 is 2.95 bits per heavy atom. The van der Waals surface area contributed by atoms with E-state index in [9.17, 15) is 4.79 Å². The van der Waals surface area contributed by atoms with Gasteiger partial charge in [0.25, 0.3) is 0 Å². The molecule has 2 rings (SSSR count). The first-order valence-electron chi connectivity index (χ1n) is 7.04. The number of hydrogen-bond acceptors (Lipinski definition) is 6. The standard InChI is InChI=1S/C14H21NO5/c1-3-6-11-15-10(13(20-11)14(16)17-2)9-19-12-7-4-5-8-18-12/h12H,3-9H2,1-2H3. The van der Waals surface area contributed by atoms with Crippen LogP contribution in [0.4, 0.5) is 0 Å². The second-order valence-corrected chi connectivity index (χ2v) is 4.73. The van der Waals surface area contributed by atoms with Crippen LogP contribution < -0.4 is 0 Å². The number of carbonyl (C=O) groups excluding carboxylic acids is 1. The summed E-state index contributed by atoms with van der Waals surface area (Å²) in [4.78, 5) is 16.0. The summed E-state index contributed by atoms with van der Waals surface area (Å²) in [6.45, 7) is 2.94. The zero-order valence-electron chi connectivity index (χ0n) is 12.0. The smallest absolute Gasteiger partial charge is 0.376 e. The fourth-order valence-corrected chi connectivity index (χ4v) is 2.09. The molecule has 1 aliphatic heterocycles. The molecule has 0 amide bonds. The van der Waals surface area contributed by atoms with Crippen molar-refractivity contribution in [3.05, 3.63) is 17.3 Å². The molecular weight excluding hydrogens is 262 g/mol. The first-order chi connectivity index (χ1) is 9.74. The quantitative estimate of drug-likeness (QED) is 0.747. The molecule has 1 unspecified atom stereocenters. The van der Waals surface area contributed by atoms with Crippen molar-refractivity contribution in [3.63, 3.8) is 0 Å². The fourth-order valence-electron chi connectivity index (χ4n) is 2.09. The van der Waals surface area contributed by atoms with E-state index in [2.05, 4.69) is 4.98 Å². The number of rotatable bonds is 6. The molecule has 0 aromatic carbocycles. The van der Waals surface area contributed by atoms with E-state index in [0.717, 1.165) is 25.7 Å². The third kappa shape index (κ3) is 3.80. The average molecular weight is 283 g/mol. The number of aromatic nitrogens is 1. The molecule has 20 heavy (non-hydrogen) atoms. The number of hydrogen-bond donors (Lipinski definition) is 0. The van der Waals surface area contributed by atoms with Crippen LogP contribution in [0.15, 0.2) is 4.42 Å². The van der Waals surface area contributed by atoms with Gasteiger partial charge in [0, 0.05) is 13.0 Å². The Kier molecular flexibility index (Phi) is 5.55. The van der Waals surface area contributed by atoms with Gasteiger partial charge in [-0.25, -0.2) is 9.78 Å². The SMILES string of the molecule is CCCc1nc(COC2CCCCO2)c(C(=O)OC)o1. The maximum absolute atomic E-state index is 11.7. The maximum atomic E-state index is 11.7.